The number of halogens is 4. The second-order valence-corrected chi connectivity index (χ2v) is 24.8. The molecule has 278 valence electrons. The molecule has 5 heteroatoms. The Morgan fingerprint density at radius 2 is 1.09 bits per heavy atom. The first-order valence-electron chi connectivity index (χ1n) is 19.0. The van der Waals surface area contributed by atoms with Crippen LogP contribution in [-0.4, -0.2) is 3.21 Å². The molecule has 0 amide bonds. The van der Waals surface area contributed by atoms with Crippen LogP contribution in [0.5, 0.6) is 0 Å². The molecular weight excluding hydrogens is 822 g/mol. The number of benzene rings is 4. The Kier molecular flexibility index (Phi) is 11.2. The summed E-state index contributed by atoms with van der Waals surface area (Å²) in [5, 5.41) is 1.54. The van der Waals surface area contributed by atoms with Gasteiger partial charge in [0.2, 0.25) is 0 Å². The van der Waals surface area contributed by atoms with Crippen LogP contribution in [0.3, 0.4) is 0 Å². The standard InChI is InChI=1S/C25H25.C13H8Cl2.C11H17.2ClH.Zr/c1-14-12-24(3,4)22-8-16-7-17-9-23-19(15(2)13-25(23,5)6)11-21(17)20(16)10-18(14)22;14-12-5-1-10(2-6-12)9-11-3-7-13(15)8-4-11;1-5-9-6-7-10(8-9)11(2,3)4;;;/h7-13H,1-6H3;1-8H;7-9H,5H2,1-4H3;2*1H;/q;;;;;+2/p-2. The molecule has 54 heavy (non-hydrogen) atoms. The molecule has 0 heterocycles. The maximum absolute atomic E-state index is 6.61. The zero-order valence-corrected chi connectivity index (χ0v) is 38.6. The molecule has 4 aliphatic rings. The number of rotatable bonds is 5. The minimum Gasteiger partial charge on any atom is -1.00 e. The van der Waals surface area contributed by atoms with Crippen LogP contribution in [-0.2, 0) is 32.1 Å². The van der Waals surface area contributed by atoms with Crippen molar-refractivity contribution >= 4 is 37.6 Å². The summed E-state index contributed by atoms with van der Waals surface area (Å²) in [6.07, 6.45) is 11.3. The summed E-state index contributed by atoms with van der Waals surface area (Å²) in [6, 6.07) is 27.9. The molecule has 0 fully saturated rings. The van der Waals surface area contributed by atoms with Crippen molar-refractivity contribution in [1.29, 1.82) is 0 Å². The van der Waals surface area contributed by atoms with E-state index in [1.165, 1.54) is 75.6 Å². The molecule has 0 nitrogen and oxygen atoms in total. The smallest absolute Gasteiger partial charge is 1.00 e. The first-order chi connectivity index (χ1) is 24.5. The molecule has 4 aromatic carbocycles. The van der Waals surface area contributed by atoms with Crippen LogP contribution in [0.4, 0.5) is 0 Å². The zero-order chi connectivity index (χ0) is 37.1. The van der Waals surface area contributed by atoms with Gasteiger partial charge in [-0.2, -0.15) is 0 Å². The fourth-order valence-corrected chi connectivity index (χ4v) is 19.6. The SMILES string of the molecule is CCC1C=C(C(C)(C)C)C=[C]1[Zr+2](=[C](c1ccc(Cl)cc1)c1ccc(Cl)cc1)[CH]1c2cc3c(cc2-c2cc4c(cc21)C(C)(C)C=C4C)C(C)=CC3(C)C.[Cl-].[Cl-]. The summed E-state index contributed by atoms with van der Waals surface area (Å²) in [5.74, 6) is 0.412. The molecule has 0 saturated carbocycles. The predicted molar refractivity (Wildman–Crippen MR) is 223 cm³/mol. The van der Waals surface area contributed by atoms with Crippen LogP contribution < -0.4 is 24.8 Å². The summed E-state index contributed by atoms with van der Waals surface area (Å²) in [4.78, 5) is 0. The maximum atomic E-state index is 6.61. The predicted octanol–water partition coefficient (Wildman–Crippen LogP) is 8.24. The number of hydrogen-bond acceptors (Lipinski definition) is 0. The van der Waals surface area contributed by atoms with Gasteiger partial charge < -0.3 is 24.8 Å². The molecule has 0 saturated heterocycles. The number of fused-ring (bicyclic) bond motifs is 5. The van der Waals surface area contributed by atoms with Crippen molar-refractivity contribution in [2.45, 2.75) is 90.1 Å². The zero-order valence-electron chi connectivity index (χ0n) is 33.1. The van der Waals surface area contributed by atoms with E-state index in [4.69, 9.17) is 23.2 Å². The molecule has 1 unspecified atom stereocenters. The van der Waals surface area contributed by atoms with Crippen molar-refractivity contribution < 1.29 is 46.1 Å². The summed E-state index contributed by atoms with van der Waals surface area (Å²) in [6.45, 7) is 23.7. The minimum absolute atomic E-state index is 0. The normalized spacial score (nSPS) is 18.5. The number of allylic oxidation sites excluding steroid dienone is 8. The molecule has 0 aromatic heterocycles. The average molecular weight is 872 g/mol. The van der Waals surface area contributed by atoms with Crippen LogP contribution in [0, 0.1) is 11.3 Å². The number of hydrogen-bond donors (Lipinski definition) is 0. The van der Waals surface area contributed by atoms with E-state index in [0.29, 0.717) is 9.54 Å². The fourth-order valence-electron chi connectivity index (χ4n) is 9.64. The third-order valence-corrected chi connectivity index (χ3v) is 21.2. The third kappa shape index (κ3) is 6.81. The second-order valence-electron chi connectivity index (χ2n) is 17.8. The van der Waals surface area contributed by atoms with E-state index >= 15 is 0 Å². The maximum Gasteiger partial charge on any atom is -1.00 e. The average Bonchev–Trinajstić information content (AvgIpc) is 3.78. The van der Waals surface area contributed by atoms with Gasteiger partial charge in [-0.15, -0.1) is 0 Å². The van der Waals surface area contributed by atoms with Gasteiger partial charge in [-0.1, -0.05) is 0 Å². The molecule has 4 aromatic rings. The summed E-state index contributed by atoms with van der Waals surface area (Å²) < 4.78 is 3.52. The quantitative estimate of drug-likeness (QED) is 0.190. The summed E-state index contributed by atoms with van der Waals surface area (Å²) >= 11 is 10.1. The molecule has 4 aliphatic carbocycles. The molecule has 0 radical (unpaired) electrons. The topological polar surface area (TPSA) is 0 Å². The van der Waals surface area contributed by atoms with Crippen molar-refractivity contribution in [2.75, 3.05) is 0 Å². The first kappa shape index (κ1) is 41.4. The molecule has 0 bridgehead atoms. The van der Waals surface area contributed by atoms with Crippen LogP contribution in [0.15, 0.2) is 106 Å². The van der Waals surface area contributed by atoms with Crippen molar-refractivity contribution in [3.63, 3.8) is 0 Å². The van der Waals surface area contributed by atoms with Crippen molar-refractivity contribution in [2.24, 2.45) is 11.3 Å². The van der Waals surface area contributed by atoms with Crippen molar-refractivity contribution in [1.82, 2.24) is 0 Å². The van der Waals surface area contributed by atoms with Gasteiger partial charge in [-0.05, 0) is 0 Å². The third-order valence-electron chi connectivity index (χ3n) is 12.2. The van der Waals surface area contributed by atoms with E-state index in [0.717, 1.165) is 16.5 Å². The van der Waals surface area contributed by atoms with E-state index in [9.17, 15) is 0 Å². The van der Waals surface area contributed by atoms with Gasteiger partial charge in [0.25, 0.3) is 0 Å². The second kappa shape index (κ2) is 14.6. The first-order valence-corrected chi connectivity index (χ1v) is 23.6. The van der Waals surface area contributed by atoms with E-state index in [1.54, 1.807) is 3.28 Å². The Balaban J connectivity index is 0.00000249. The molecule has 0 aliphatic heterocycles. The Morgan fingerprint density at radius 1 is 0.667 bits per heavy atom. The van der Waals surface area contributed by atoms with E-state index < -0.39 is 21.3 Å². The minimum atomic E-state index is -3.09. The van der Waals surface area contributed by atoms with Crippen molar-refractivity contribution in [3.8, 4) is 11.1 Å². The molecule has 0 spiro atoms. The van der Waals surface area contributed by atoms with Crippen LogP contribution >= 0.6 is 23.2 Å². The molecule has 1 atom stereocenters. The van der Waals surface area contributed by atoms with Crippen LogP contribution in [0.2, 0.25) is 10.0 Å². The molecular formula is C49H50Cl4Zr. The van der Waals surface area contributed by atoms with Gasteiger partial charge in [0.05, 0.1) is 0 Å². The largest absolute Gasteiger partial charge is 1.00 e. The summed E-state index contributed by atoms with van der Waals surface area (Å²) in [7, 11) is 0. The monoisotopic (exact) mass is 868 g/mol. The van der Waals surface area contributed by atoms with Crippen molar-refractivity contribution in [3.05, 3.63) is 161 Å². The Labute approximate surface area is 353 Å². The van der Waals surface area contributed by atoms with Gasteiger partial charge in [-0.25, -0.2) is 0 Å². The van der Waals surface area contributed by atoms with E-state index in [-0.39, 0.29) is 41.1 Å². The van der Waals surface area contributed by atoms with Gasteiger partial charge in [-0.3, -0.25) is 0 Å². The van der Waals surface area contributed by atoms with Gasteiger partial charge in [0, 0.05) is 0 Å². The Hall–Kier alpha value is -2.25. The van der Waals surface area contributed by atoms with Crippen LogP contribution in [0.25, 0.3) is 22.3 Å². The fraction of sp³-hybridized carbons (Fsp3) is 0.327. The van der Waals surface area contributed by atoms with E-state index in [1.807, 2.05) is 0 Å². The molecule has 0 N–H and O–H groups in total. The Morgan fingerprint density at radius 3 is 1.48 bits per heavy atom. The van der Waals surface area contributed by atoms with Gasteiger partial charge in [0.15, 0.2) is 0 Å². The molecule has 8 rings (SSSR count). The van der Waals surface area contributed by atoms with Crippen LogP contribution in [0.1, 0.15) is 124 Å². The van der Waals surface area contributed by atoms with E-state index in [2.05, 4.69) is 166 Å². The summed E-state index contributed by atoms with van der Waals surface area (Å²) in [5.41, 5.74) is 18.6. The Bertz CT molecular complexity index is 2210. The van der Waals surface area contributed by atoms with Gasteiger partial charge >= 0.3 is 332 Å². The van der Waals surface area contributed by atoms with Gasteiger partial charge in [0.1, 0.15) is 0 Å².